The van der Waals surface area contributed by atoms with Crippen molar-refractivity contribution in [2.75, 3.05) is 7.11 Å². The lowest BCUT2D eigenvalue weighted by Gasteiger charge is -2.16. The molecule has 0 fully saturated rings. The Morgan fingerprint density at radius 3 is 2.41 bits per heavy atom. The van der Waals surface area contributed by atoms with Crippen molar-refractivity contribution >= 4 is 5.97 Å². The summed E-state index contributed by atoms with van der Waals surface area (Å²) in [7, 11) is 1.56. The summed E-state index contributed by atoms with van der Waals surface area (Å²) in [4.78, 5) is 11.1. The second-order valence-electron chi connectivity index (χ2n) is 4.96. The van der Waals surface area contributed by atoms with Gasteiger partial charge >= 0.3 is 5.97 Å². The molecule has 0 aliphatic carbocycles. The summed E-state index contributed by atoms with van der Waals surface area (Å²) in [5.41, 5.74) is 1.73. The Bertz CT molecular complexity index is 707. The van der Waals surface area contributed by atoms with Crippen LogP contribution < -0.4 is 4.74 Å². The van der Waals surface area contributed by atoms with Crippen LogP contribution in [0.3, 0.4) is 0 Å². The van der Waals surface area contributed by atoms with Crippen LogP contribution in [0, 0.1) is 5.82 Å². The van der Waals surface area contributed by atoms with E-state index in [1.165, 1.54) is 19.1 Å². The van der Waals surface area contributed by atoms with Crippen LogP contribution in [0.4, 0.5) is 4.39 Å². The van der Waals surface area contributed by atoms with E-state index in [4.69, 9.17) is 9.84 Å². The first-order chi connectivity index (χ1) is 10.5. The van der Waals surface area contributed by atoms with Crippen LogP contribution in [0.15, 0.2) is 60.2 Å². The third-order valence-corrected chi connectivity index (χ3v) is 3.41. The van der Waals surface area contributed by atoms with E-state index in [-0.39, 0.29) is 17.3 Å². The molecular weight excluding hydrogens is 283 g/mol. The van der Waals surface area contributed by atoms with E-state index in [1.807, 2.05) is 18.2 Å². The third-order valence-electron chi connectivity index (χ3n) is 3.41. The van der Waals surface area contributed by atoms with E-state index in [0.717, 1.165) is 5.56 Å². The molecule has 4 heteroatoms. The Labute approximate surface area is 128 Å². The Balaban J connectivity index is 2.54. The summed E-state index contributed by atoms with van der Waals surface area (Å²) >= 11 is 0. The number of rotatable bonds is 5. The number of carboxylic acids is 1. The van der Waals surface area contributed by atoms with Crippen molar-refractivity contribution in [3.05, 3.63) is 77.1 Å². The molecule has 0 spiro atoms. The highest BCUT2D eigenvalue weighted by Gasteiger charge is 2.15. The molecule has 0 aromatic heterocycles. The minimum Gasteiger partial charge on any atom is -0.497 e. The third kappa shape index (κ3) is 3.73. The van der Waals surface area contributed by atoms with Crippen molar-refractivity contribution in [2.45, 2.75) is 12.8 Å². The molecule has 0 aliphatic rings. The van der Waals surface area contributed by atoms with Gasteiger partial charge in [0.05, 0.1) is 7.11 Å². The highest BCUT2D eigenvalue weighted by atomic mass is 19.1. The molecule has 0 amide bonds. The maximum absolute atomic E-state index is 13.5. The van der Waals surface area contributed by atoms with E-state index >= 15 is 0 Å². The van der Waals surface area contributed by atoms with Crippen molar-refractivity contribution in [1.29, 1.82) is 0 Å². The summed E-state index contributed by atoms with van der Waals surface area (Å²) in [6.07, 6.45) is 1.62. The Morgan fingerprint density at radius 1 is 1.18 bits per heavy atom. The molecule has 0 saturated carbocycles. The second kappa shape index (κ2) is 6.89. The lowest BCUT2D eigenvalue weighted by Crippen LogP contribution is -2.04. The van der Waals surface area contributed by atoms with Crippen molar-refractivity contribution in [2.24, 2.45) is 0 Å². The molecule has 1 unspecified atom stereocenters. The average Bonchev–Trinajstić information content (AvgIpc) is 2.52. The van der Waals surface area contributed by atoms with Gasteiger partial charge in [-0.3, -0.25) is 0 Å². The van der Waals surface area contributed by atoms with Gasteiger partial charge in [0.15, 0.2) is 0 Å². The first-order valence-corrected chi connectivity index (χ1v) is 6.82. The number of methoxy groups -OCH3 is 1. The van der Waals surface area contributed by atoms with E-state index in [0.29, 0.717) is 11.3 Å². The SMILES string of the molecule is COc1cccc(C(C=C(C)C(=O)O)c2cccc(F)c2)c1. The number of hydrogen-bond donors (Lipinski definition) is 1. The molecule has 3 nitrogen and oxygen atoms in total. The smallest absolute Gasteiger partial charge is 0.330 e. The maximum Gasteiger partial charge on any atom is 0.330 e. The summed E-state index contributed by atoms with van der Waals surface area (Å²) in [6, 6.07) is 13.5. The number of carbonyl (C=O) groups is 1. The van der Waals surface area contributed by atoms with Crippen LogP contribution in [0.1, 0.15) is 24.0 Å². The number of benzene rings is 2. The van der Waals surface area contributed by atoms with Crippen molar-refractivity contribution in [1.82, 2.24) is 0 Å². The van der Waals surface area contributed by atoms with Gasteiger partial charge in [0, 0.05) is 11.5 Å². The predicted octanol–water partition coefficient (Wildman–Crippen LogP) is 4.00. The van der Waals surface area contributed by atoms with Crippen molar-refractivity contribution in [3.8, 4) is 5.75 Å². The normalized spacial score (nSPS) is 12.8. The topological polar surface area (TPSA) is 46.5 Å². The molecule has 0 aliphatic heterocycles. The Morgan fingerprint density at radius 2 is 1.82 bits per heavy atom. The van der Waals surface area contributed by atoms with Gasteiger partial charge in [0.2, 0.25) is 0 Å². The molecule has 22 heavy (non-hydrogen) atoms. The number of aliphatic carboxylic acids is 1. The minimum absolute atomic E-state index is 0.206. The van der Waals surface area contributed by atoms with Gasteiger partial charge in [-0.05, 0) is 42.3 Å². The van der Waals surface area contributed by atoms with Crippen molar-refractivity contribution in [3.63, 3.8) is 0 Å². The molecule has 0 bridgehead atoms. The second-order valence-corrected chi connectivity index (χ2v) is 4.96. The number of carboxylic acid groups (broad SMARTS) is 1. The fourth-order valence-corrected chi connectivity index (χ4v) is 2.24. The molecule has 2 aromatic rings. The number of allylic oxidation sites excluding steroid dienone is 1. The first-order valence-electron chi connectivity index (χ1n) is 6.82. The number of halogens is 1. The van der Waals surface area contributed by atoms with Crippen LogP contribution in [0.2, 0.25) is 0 Å². The largest absolute Gasteiger partial charge is 0.497 e. The van der Waals surface area contributed by atoms with Crippen LogP contribution in [0.5, 0.6) is 5.75 Å². The zero-order valence-electron chi connectivity index (χ0n) is 12.4. The summed E-state index contributed by atoms with van der Waals surface area (Å²) in [5, 5.41) is 9.11. The molecule has 0 saturated heterocycles. The molecule has 0 heterocycles. The molecule has 1 atom stereocenters. The summed E-state index contributed by atoms with van der Waals surface area (Å²) in [6.45, 7) is 1.52. The lowest BCUT2D eigenvalue weighted by atomic mass is 9.89. The van der Waals surface area contributed by atoms with Crippen LogP contribution in [-0.4, -0.2) is 18.2 Å². The standard InChI is InChI=1S/C18H17FO3/c1-12(18(20)21)9-17(13-5-3-7-15(19)10-13)14-6-4-8-16(11-14)22-2/h3-11,17H,1-2H3,(H,20,21). The number of hydrogen-bond acceptors (Lipinski definition) is 2. The zero-order chi connectivity index (χ0) is 16.1. The molecule has 0 radical (unpaired) electrons. The summed E-state index contributed by atoms with van der Waals surface area (Å²) < 4.78 is 18.7. The van der Waals surface area contributed by atoms with Gasteiger partial charge in [0.1, 0.15) is 11.6 Å². The Kier molecular flexibility index (Phi) is 4.94. The van der Waals surface area contributed by atoms with Gasteiger partial charge in [0.25, 0.3) is 0 Å². The van der Waals surface area contributed by atoms with Gasteiger partial charge in [-0.1, -0.05) is 30.3 Å². The van der Waals surface area contributed by atoms with Gasteiger partial charge < -0.3 is 9.84 Å². The average molecular weight is 300 g/mol. The van der Waals surface area contributed by atoms with Gasteiger partial charge in [-0.15, -0.1) is 0 Å². The molecular formula is C18H17FO3. The van der Waals surface area contributed by atoms with E-state index < -0.39 is 5.97 Å². The molecule has 114 valence electrons. The van der Waals surface area contributed by atoms with E-state index in [1.54, 1.807) is 31.4 Å². The van der Waals surface area contributed by atoms with Crippen LogP contribution in [0.25, 0.3) is 0 Å². The molecule has 2 aromatic carbocycles. The minimum atomic E-state index is -0.996. The first kappa shape index (κ1) is 15.8. The van der Waals surface area contributed by atoms with E-state index in [2.05, 4.69) is 0 Å². The predicted molar refractivity (Wildman–Crippen MR) is 82.6 cm³/mol. The van der Waals surface area contributed by atoms with Crippen molar-refractivity contribution < 1.29 is 19.0 Å². The van der Waals surface area contributed by atoms with Gasteiger partial charge in [-0.25, -0.2) is 9.18 Å². The zero-order valence-corrected chi connectivity index (χ0v) is 12.4. The lowest BCUT2D eigenvalue weighted by molar-refractivity contribution is -0.132. The number of ether oxygens (including phenoxy) is 1. The maximum atomic E-state index is 13.5. The quantitative estimate of drug-likeness (QED) is 0.849. The Hall–Kier alpha value is -2.62. The highest BCUT2D eigenvalue weighted by Crippen LogP contribution is 2.30. The van der Waals surface area contributed by atoms with Gasteiger partial charge in [-0.2, -0.15) is 0 Å². The monoisotopic (exact) mass is 300 g/mol. The summed E-state index contributed by atoms with van der Waals surface area (Å²) in [5.74, 6) is -1.04. The fraction of sp³-hybridized carbons (Fsp3) is 0.167. The highest BCUT2D eigenvalue weighted by molar-refractivity contribution is 5.86. The molecule has 1 N–H and O–H groups in total. The fourth-order valence-electron chi connectivity index (χ4n) is 2.24. The van der Waals surface area contributed by atoms with Crippen LogP contribution in [-0.2, 0) is 4.79 Å². The van der Waals surface area contributed by atoms with Crippen LogP contribution >= 0.6 is 0 Å². The van der Waals surface area contributed by atoms with E-state index in [9.17, 15) is 9.18 Å². The molecule has 2 rings (SSSR count).